The molecular formula is C18H22N2O4. The predicted octanol–water partition coefficient (Wildman–Crippen LogP) is 2.40. The van der Waals surface area contributed by atoms with Crippen molar-refractivity contribution in [3.63, 3.8) is 0 Å². The van der Waals surface area contributed by atoms with Crippen LogP contribution in [0.2, 0.25) is 0 Å². The third-order valence-corrected chi connectivity index (χ3v) is 4.84. The summed E-state index contributed by atoms with van der Waals surface area (Å²) in [6.45, 7) is 2.76. The minimum atomic E-state index is -0.160. The van der Waals surface area contributed by atoms with Crippen LogP contribution in [0.3, 0.4) is 0 Å². The van der Waals surface area contributed by atoms with Crippen LogP contribution in [0, 0.1) is 5.92 Å². The number of nitrogens with zero attached hydrogens (tertiary/aromatic N) is 1. The Morgan fingerprint density at radius 3 is 2.92 bits per heavy atom. The maximum Gasteiger partial charge on any atom is 0.270 e. The Kier molecular flexibility index (Phi) is 4.16. The number of carbonyl (C=O) groups is 1. The summed E-state index contributed by atoms with van der Waals surface area (Å²) in [7, 11) is 1.64. The number of H-pyrrole nitrogens is 1. The second-order valence-corrected chi connectivity index (χ2v) is 6.40. The average molecular weight is 330 g/mol. The van der Waals surface area contributed by atoms with Crippen molar-refractivity contribution in [2.24, 2.45) is 5.92 Å². The van der Waals surface area contributed by atoms with E-state index in [1.807, 2.05) is 29.2 Å². The monoisotopic (exact) mass is 330 g/mol. The summed E-state index contributed by atoms with van der Waals surface area (Å²) in [5, 5.41) is 1.01. The number of nitrogens with one attached hydrogen (secondary N) is 1. The lowest BCUT2D eigenvalue weighted by Gasteiger charge is -2.34. The topological polar surface area (TPSA) is 63.8 Å². The molecule has 128 valence electrons. The van der Waals surface area contributed by atoms with Crippen molar-refractivity contribution in [2.75, 3.05) is 33.4 Å². The summed E-state index contributed by atoms with van der Waals surface area (Å²) >= 11 is 0. The van der Waals surface area contributed by atoms with Crippen LogP contribution in [0.25, 0.3) is 10.9 Å². The smallest absolute Gasteiger partial charge is 0.270 e. The molecule has 2 saturated heterocycles. The van der Waals surface area contributed by atoms with Crippen molar-refractivity contribution < 1.29 is 19.0 Å². The standard InChI is InChI=1S/C18H22N2O4/c1-22-14-5-4-12-9-16(19-15(12)10-14)17(21)20-6-2-3-13(11-20)18-23-7-8-24-18/h4-5,9-10,13,18-19H,2-3,6-8,11H2,1H3. The van der Waals surface area contributed by atoms with Crippen molar-refractivity contribution in [1.29, 1.82) is 0 Å². The number of amides is 1. The first kappa shape index (κ1) is 15.5. The number of ether oxygens (including phenoxy) is 3. The first-order valence-electron chi connectivity index (χ1n) is 8.44. The average Bonchev–Trinajstić information content (AvgIpc) is 3.30. The van der Waals surface area contributed by atoms with E-state index in [1.165, 1.54) is 0 Å². The van der Waals surface area contributed by atoms with Gasteiger partial charge in [-0.1, -0.05) is 0 Å². The SMILES string of the molecule is COc1ccc2cc(C(=O)N3CCCC(C4OCCO4)C3)[nH]c2c1. The minimum Gasteiger partial charge on any atom is -0.497 e. The number of methoxy groups -OCH3 is 1. The molecular weight excluding hydrogens is 308 g/mol. The van der Waals surface area contributed by atoms with Gasteiger partial charge < -0.3 is 24.1 Å². The number of benzene rings is 1. The Labute approximate surface area is 140 Å². The molecule has 1 amide bonds. The number of fused-ring (bicyclic) bond motifs is 1. The number of hydrogen-bond donors (Lipinski definition) is 1. The van der Waals surface area contributed by atoms with E-state index in [2.05, 4.69) is 4.98 Å². The molecule has 1 aromatic carbocycles. The fourth-order valence-corrected chi connectivity index (χ4v) is 3.58. The van der Waals surface area contributed by atoms with E-state index >= 15 is 0 Å². The van der Waals surface area contributed by atoms with E-state index in [-0.39, 0.29) is 18.1 Å². The van der Waals surface area contributed by atoms with Crippen molar-refractivity contribution in [1.82, 2.24) is 9.88 Å². The van der Waals surface area contributed by atoms with Crippen molar-refractivity contribution >= 4 is 16.8 Å². The highest BCUT2D eigenvalue weighted by Crippen LogP contribution is 2.27. The third-order valence-electron chi connectivity index (χ3n) is 4.84. The Bertz CT molecular complexity index is 736. The van der Waals surface area contributed by atoms with Crippen LogP contribution in [-0.2, 0) is 9.47 Å². The summed E-state index contributed by atoms with van der Waals surface area (Å²) < 4.78 is 16.5. The number of carbonyl (C=O) groups excluding carboxylic acids is 1. The van der Waals surface area contributed by atoms with E-state index < -0.39 is 0 Å². The lowest BCUT2D eigenvalue weighted by Crippen LogP contribution is -2.43. The number of piperidine rings is 1. The minimum absolute atomic E-state index is 0.0351. The molecule has 2 fully saturated rings. The van der Waals surface area contributed by atoms with E-state index in [9.17, 15) is 4.79 Å². The number of aromatic nitrogens is 1. The summed E-state index contributed by atoms with van der Waals surface area (Å²) in [6.07, 6.45) is 1.86. The van der Waals surface area contributed by atoms with E-state index in [4.69, 9.17) is 14.2 Å². The Balaban J connectivity index is 1.52. The molecule has 0 aliphatic carbocycles. The van der Waals surface area contributed by atoms with Crippen LogP contribution >= 0.6 is 0 Å². The molecule has 2 aliphatic rings. The van der Waals surface area contributed by atoms with Crippen molar-refractivity contribution in [2.45, 2.75) is 19.1 Å². The van der Waals surface area contributed by atoms with Gasteiger partial charge >= 0.3 is 0 Å². The number of rotatable bonds is 3. The van der Waals surface area contributed by atoms with Gasteiger partial charge in [0.25, 0.3) is 5.91 Å². The highest BCUT2D eigenvalue weighted by Gasteiger charge is 2.33. The molecule has 2 aromatic rings. The molecule has 2 aliphatic heterocycles. The summed E-state index contributed by atoms with van der Waals surface area (Å²) in [4.78, 5) is 18.0. The highest BCUT2D eigenvalue weighted by molar-refractivity contribution is 5.98. The number of aromatic amines is 1. The summed E-state index contributed by atoms with van der Waals surface area (Å²) in [6, 6.07) is 7.67. The van der Waals surface area contributed by atoms with Crippen molar-refractivity contribution in [3.8, 4) is 5.75 Å². The van der Waals surface area contributed by atoms with Gasteiger partial charge in [0.05, 0.1) is 20.3 Å². The Hall–Kier alpha value is -2.05. The maximum absolute atomic E-state index is 12.9. The van der Waals surface area contributed by atoms with Crippen LogP contribution in [-0.4, -0.2) is 55.5 Å². The van der Waals surface area contributed by atoms with Gasteiger partial charge in [0, 0.05) is 36.0 Å². The van der Waals surface area contributed by atoms with Crippen molar-refractivity contribution in [3.05, 3.63) is 30.0 Å². The van der Waals surface area contributed by atoms with Gasteiger partial charge in [-0.05, 0) is 31.0 Å². The van der Waals surface area contributed by atoms with Gasteiger partial charge in [-0.15, -0.1) is 0 Å². The second-order valence-electron chi connectivity index (χ2n) is 6.40. The Morgan fingerprint density at radius 2 is 2.12 bits per heavy atom. The van der Waals surface area contributed by atoms with Crippen LogP contribution < -0.4 is 4.74 Å². The zero-order valence-corrected chi connectivity index (χ0v) is 13.8. The lowest BCUT2D eigenvalue weighted by atomic mass is 9.97. The maximum atomic E-state index is 12.9. The highest BCUT2D eigenvalue weighted by atomic mass is 16.7. The van der Waals surface area contributed by atoms with Gasteiger partial charge in [0.2, 0.25) is 0 Å². The molecule has 1 unspecified atom stereocenters. The quantitative estimate of drug-likeness (QED) is 0.939. The molecule has 4 rings (SSSR count). The fraction of sp³-hybridized carbons (Fsp3) is 0.500. The molecule has 0 spiro atoms. The second kappa shape index (κ2) is 6.45. The zero-order chi connectivity index (χ0) is 16.5. The van der Waals surface area contributed by atoms with Crippen LogP contribution in [0.5, 0.6) is 5.75 Å². The first-order valence-corrected chi connectivity index (χ1v) is 8.44. The van der Waals surface area contributed by atoms with E-state index in [1.54, 1.807) is 7.11 Å². The molecule has 1 aromatic heterocycles. The first-order chi connectivity index (χ1) is 11.7. The van der Waals surface area contributed by atoms with Gasteiger partial charge in [0.15, 0.2) is 6.29 Å². The summed E-state index contributed by atoms with van der Waals surface area (Å²) in [5.74, 6) is 1.07. The Morgan fingerprint density at radius 1 is 1.29 bits per heavy atom. The largest absolute Gasteiger partial charge is 0.497 e. The molecule has 0 bridgehead atoms. The number of likely N-dealkylation sites (tertiary alicyclic amines) is 1. The molecule has 6 heteroatoms. The number of hydrogen-bond acceptors (Lipinski definition) is 4. The molecule has 1 N–H and O–H groups in total. The molecule has 24 heavy (non-hydrogen) atoms. The third kappa shape index (κ3) is 2.87. The van der Waals surface area contributed by atoms with Gasteiger partial charge in [-0.2, -0.15) is 0 Å². The molecule has 6 nitrogen and oxygen atoms in total. The summed E-state index contributed by atoms with van der Waals surface area (Å²) in [5.41, 5.74) is 1.53. The molecule has 0 radical (unpaired) electrons. The zero-order valence-electron chi connectivity index (χ0n) is 13.8. The fourth-order valence-electron chi connectivity index (χ4n) is 3.58. The van der Waals surface area contributed by atoms with Gasteiger partial charge in [-0.25, -0.2) is 0 Å². The predicted molar refractivity (Wildman–Crippen MR) is 89.2 cm³/mol. The lowest BCUT2D eigenvalue weighted by molar-refractivity contribution is -0.0969. The van der Waals surface area contributed by atoms with Gasteiger partial charge in [0.1, 0.15) is 11.4 Å². The van der Waals surface area contributed by atoms with Crippen LogP contribution in [0.4, 0.5) is 0 Å². The van der Waals surface area contributed by atoms with E-state index in [0.29, 0.717) is 25.5 Å². The molecule has 0 saturated carbocycles. The van der Waals surface area contributed by atoms with E-state index in [0.717, 1.165) is 36.0 Å². The van der Waals surface area contributed by atoms with Crippen LogP contribution in [0.1, 0.15) is 23.3 Å². The molecule has 3 heterocycles. The van der Waals surface area contributed by atoms with Crippen LogP contribution in [0.15, 0.2) is 24.3 Å². The normalized spacial score (nSPS) is 22.2. The van der Waals surface area contributed by atoms with Gasteiger partial charge in [-0.3, -0.25) is 4.79 Å². The molecule has 1 atom stereocenters.